The summed E-state index contributed by atoms with van der Waals surface area (Å²) in [5.74, 6) is -0.596. The Labute approximate surface area is 196 Å². The first kappa shape index (κ1) is 23.9. The first-order valence-electron chi connectivity index (χ1n) is 10.6. The number of nitrogens with zero attached hydrogens (tertiary/aromatic N) is 2. The van der Waals surface area contributed by atoms with Gasteiger partial charge in [-0.05, 0) is 84.4 Å². The average Bonchev–Trinajstić information content (AvgIpc) is 2.74. The van der Waals surface area contributed by atoms with Crippen LogP contribution < -0.4 is 10.6 Å². The van der Waals surface area contributed by atoms with Crippen molar-refractivity contribution in [2.24, 2.45) is 0 Å². The molecule has 0 aliphatic carbocycles. The summed E-state index contributed by atoms with van der Waals surface area (Å²) in [4.78, 5) is 17.4. The molecule has 0 spiro atoms. The third kappa shape index (κ3) is 7.13. The SMILES string of the molecule is Cc1cc(I)ccc1Nc1cc(F)ccc1C(=O)NCCCN1CCN(CCO)CC1. The molecule has 1 saturated heterocycles. The molecule has 0 radical (unpaired) electrons. The van der Waals surface area contributed by atoms with E-state index in [0.717, 1.165) is 60.5 Å². The van der Waals surface area contributed by atoms with Gasteiger partial charge in [-0.1, -0.05) is 0 Å². The molecule has 0 unspecified atom stereocenters. The minimum absolute atomic E-state index is 0.204. The average molecular weight is 540 g/mol. The van der Waals surface area contributed by atoms with Gasteiger partial charge in [0.25, 0.3) is 5.91 Å². The number of carbonyl (C=O) groups is 1. The minimum Gasteiger partial charge on any atom is -0.395 e. The Bertz CT molecular complexity index is 888. The largest absolute Gasteiger partial charge is 0.395 e. The van der Waals surface area contributed by atoms with Crippen molar-refractivity contribution in [2.45, 2.75) is 13.3 Å². The Morgan fingerprint density at radius 1 is 1.06 bits per heavy atom. The molecule has 1 aliphatic rings. The summed E-state index contributed by atoms with van der Waals surface area (Å²) in [7, 11) is 0. The van der Waals surface area contributed by atoms with Crippen LogP contribution in [0.25, 0.3) is 0 Å². The molecule has 3 N–H and O–H groups in total. The number of β-amino-alcohol motifs (C(OH)–C–C–N with tert-alkyl or cyclic N) is 1. The van der Waals surface area contributed by atoms with Gasteiger partial charge in [0.15, 0.2) is 0 Å². The van der Waals surface area contributed by atoms with E-state index in [9.17, 15) is 9.18 Å². The van der Waals surface area contributed by atoms with Crippen molar-refractivity contribution in [2.75, 3.05) is 57.7 Å². The number of rotatable bonds is 9. The van der Waals surface area contributed by atoms with Crippen LogP contribution >= 0.6 is 22.6 Å². The fourth-order valence-electron chi connectivity index (χ4n) is 3.71. The predicted octanol–water partition coefficient (Wildman–Crippen LogP) is 3.21. The zero-order valence-electron chi connectivity index (χ0n) is 17.8. The molecule has 0 atom stereocenters. The van der Waals surface area contributed by atoms with Gasteiger partial charge >= 0.3 is 0 Å². The van der Waals surface area contributed by atoms with Gasteiger partial charge in [0.05, 0.1) is 17.9 Å². The molecule has 1 amide bonds. The van der Waals surface area contributed by atoms with Crippen molar-refractivity contribution < 1.29 is 14.3 Å². The third-order valence-electron chi connectivity index (χ3n) is 5.50. The summed E-state index contributed by atoms with van der Waals surface area (Å²) in [6.45, 7) is 8.30. The molecule has 8 heteroatoms. The standard InChI is InChI=1S/C23H30FIN4O2/c1-17-15-19(25)4-6-21(17)27-22-16-18(24)3-5-20(22)23(31)26-7-2-8-28-9-11-29(12-10-28)13-14-30/h3-6,15-16,27,30H,2,7-14H2,1H3,(H,26,31). The molecule has 1 heterocycles. The van der Waals surface area contributed by atoms with Gasteiger partial charge in [0.1, 0.15) is 5.82 Å². The molecule has 0 bridgehead atoms. The molecule has 168 valence electrons. The lowest BCUT2D eigenvalue weighted by Gasteiger charge is -2.34. The number of nitrogens with one attached hydrogen (secondary N) is 2. The second-order valence-corrected chi connectivity index (χ2v) is 9.04. The molecule has 31 heavy (non-hydrogen) atoms. The second kappa shape index (κ2) is 11.8. The summed E-state index contributed by atoms with van der Waals surface area (Å²) in [6.07, 6.45) is 0.853. The summed E-state index contributed by atoms with van der Waals surface area (Å²) >= 11 is 2.25. The van der Waals surface area contributed by atoms with Crippen molar-refractivity contribution in [3.63, 3.8) is 0 Å². The smallest absolute Gasteiger partial charge is 0.253 e. The van der Waals surface area contributed by atoms with Crippen LogP contribution in [0.2, 0.25) is 0 Å². The first-order valence-corrected chi connectivity index (χ1v) is 11.7. The number of hydrogen-bond donors (Lipinski definition) is 3. The zero-order valence-corrected chi connectivity index (χ0v) is 20.0. The molecule has 1 aliphatic heterocycles. The van der Waals surface area contributed by atoms with E-state index in [1.54, 1.807) is 0 Å². The number of carbonyl (C=O) groups excluding carboxylic acids is 1. The molecular weight excluding hydrogens is 510 g/mol. The molecule has 1 fully saturated rings. The Hall–Kier alpha value is -1.75. The lowest BCUT2D eigenvalue weighted by Crippen LogP contribution is -2.47. The van der Waals surface area contributed by atoms with E-state index in [2.05, 4.69) is 43.0 Å². The van der Waals surface area contributed by atoms with E-state index in [-0.39, 0.29) is 18.3 Å². The Balaban J connectivity index is 1.52. The van der Waals surface area contributed by atoms with Crippen LogP contribution in [0.1, 0.15) is 22.3 Å². The fourth-order valence-corrected chi connectivity index (χ4v) is 4.35. The summed E-state index contributed by atoms with van der Waals surface area (Å²) < 4.78 is 15.0. The van der Waals surface area contributed by atoms with Gasteiger partial charge in [0, 0.05) is 48.5 Å². The number of halogens is 2. The number of benzene rings is 2. The third-order valence-corrected chi connectivity index (χ3v) is 6.17. The Morgan fingerprint density at radius 3 is 2.45 bits per heavy atom. The van der Waals surface area contributed by atoms with Crippen molar-refractivity contribution in [3.8, 4) is 0 Å². The number of aryl methyl sites for hydroxylation is 1. The quantitative estimate of drug-likeness (QED) is 0.337. The van der Waals surface area contributed by atoms with E-state index in [4.69, 9.17) is 5.11 Å². The van der Waals surface area contributed by atoms with E-state index >= 15 is 0 Å². The normalized spacial score (nSPS) is 15.1. The Kier molecular flexibility index (Phi) is 9.06. The highest BCUT2D eigenvalue weighted by atomic mass is 127. The second-order valence-electron chi connectivity index (χ2n) is 7.79. The number of aliphatic hydroxyl groups is 1. The van der Waals surface area contributed by atoms with Gasteiger partial charge in [-0.15, -0.1) is 0 Å². The lowest BCUT2D eigenvalue weighted by atomic mass is 10.1. The highest BCUT2D eigenvalue weighted by molar-refractivity contribution is 14.1. The predicted molar refractivity (Wildman–Crippen MR) is 130 cm³/mol. The van der Waals surface area contributed by atoms with Crippen molar-refractivity contribution >= 4 is 39.9 Å². The van der Waals surface area contributed by atoms with E-state index in [1.165, 1.54) is 18.2 Å². The van der Waals surface area contributed by atoms with Gasteiger partial charge in [0.2, 0.25) is 0 Å². The maximum absolute atomic E-state index is 13.9. The topological polar surface area (TPSA) is 67.8 Å². The molecule has 2 aromatic carbocycles. The zero-order chi connectivity index (χ0) is 22.2. The number of aliphatic hydroxyl groups excluding tert-OH is 1. The van der Waals surface area contributed by atoms with E-state index in [0.29, 0.717) is 17.8 Å². The molecule has 3 rings (SSSR count). The van der Waals surface area contributed by atoms with Crippen LogP contribution in [-0.2, 0) is 0 Å². The molecule has 0 saturated carbocycles. The maximum Gasteiger partial charge on any atom is 0.253 e. The highest BCUT2D eigenvalue weighted by Crippen LogP contribution is 2.25. The number of anilines is 2. The number of hydrogen-bond acceptors (Lipinski definition) is 5. The molecule has 0 aromatic heterocycles. The summed E-state index contributed by atoms with van der Waals surface area (Å²) in [5.41, 5.74) is 2.76. The maximum atomic E-state index is 13.9. The summed E-state index contributed by atoms with van der Waals surface area (Å²) in [5, 5.41) is 15.2. The van der Waals surface area contributed by atoms with E-state index in [1.807, 2.05) is 25.1 Å². The van der Waals surface area contributed by atoms with Gasteiger partial charge in [-0.25, -0.2) is 4.39 Å². The van der Waals surface area contributed by atoms with Gasteiger partial charge in [-0.3, -0.25) is 9.69 Å². The van der Waals surface area contributed by atoms with E-state index < -0.39 is 0 Å². The van der Waals surface area contributed by atoms with Crippen LogP contribution in [0.5, 0.6) is 0 Å². The fraction of sp³-hybridized carbons (Fsp3) is 0.435. The Morgan fingerprint density at radius 2 is 1.77 bits per heavy atom. The monoisotopic (exact) mass is 540 g/mol. The lowest BCUT2D eigenvalue weighted by molar-refractivity contribution is 0.0945. The van der Waals surface area contributed by atoms with Crippen molar-refractivity contribution in [1.29, 1.82) is 0 Å². The van der Waals surface area contributed by atoms with Crippen molar-refractivity contribution in [3.05, 3.63) is 56.9 Å². The molecule has 6 nitrogen and oxygen atoms in total. The van der Waals surface area contributed by atoms with Crippen LogP contribution in [0.3, 0.4) is 0 Å². The number of piperazine rings is 1. The van der Waals surface area contributed by atoms with Crippen LogP contribution in [0.4, 0.5) is 15.8 Å². The summed E-state index contributed by atoms with van der Waals surface area (Å²) in [6, 6.07) is 10.1. The van der Waals surface area contributed by atoms with Crippen LogP contribution in [-0.4, -0.2) is 73.2 Å². The number of amides is 1. The van der Waals surface area contributed by atoms with Crippen LogP contribution in [0, 0.1) is 16.3 Å². The highest BCUT2D eigenvalue weighted by Gasteiger charge is 2.16. The first-order chi connectivity index (χ1) is 15.0. The molecular formula is C23H30FIN4O2. The van der Waals surface area contributed by atoms with Gasteiger partial charge in [-0.2, -0.15) is 0 Å². The van der Waals surface area contributed by atoms with Gasteiger partial charge < -0.3 is 20.6 Å². The van der Waals surface area contributed by atoms with Crippen LogP contribution in [0.15, 0.2) is 36.4 Å². The van der Waals surface area contributed by atoms with Crippen molar-refractivity contribution in [1.82, 2.24) is 15.1 Å². The minimum atomic E-state index is -0.387. The molecule has 2 aromatic rings.